The number of carbonyl (C=O) groups excluding carboxylic acids is 1. The standard InChI is InChI=1S/C21H23F3N2O3/c1-3-28-20(27)15(2)7-6-12-29-26-19(17-9-5-11-25-14-17)16-8-4-10-18(13-16)21(22,23)24/h4-5,8-11,13-15H,3,6-7,12H2,1-2H3. The number of pyridine rings is 1. The molecule has 0 aliphatic heterocycles. The number of hydrogen-bond donors (Lipinski definition) is 0. The molecule has 0 aliphatic carbocycles. The lowest BCUT2D eigenvalue weighted by molar-refractivity contribution is -0.147. The third-order valence-corrected chi connectivity index (χ3v) is 4.12. The second-order valence-electron chi connectivity index (χ2n) is 6.39. The minimum absolute atomic E-state index is 0.215. The number of alkyl halides is 3. The maximum atomic E-state index is 13.1. The van der Waals surface area contributed by atoms with E-state index in [4.69, 9.17) is 9.57 Å². The van der Waals surface area contributed by atoms with E-state index in [9.17, 15) is 18.0 Å². The molecule has 0 N–H and O–H groups in total. The molecule has 0 radical (unpaired) electrons. The number of benzene rings is 1. The van der Waals surface area contributed by atoms with E-state index in [1.54, 1.807) is 32.2 Å². The van der Waals surface area contributed by atoms with Crippen molar-refractivity contribution in [3.63, 3.8) is 0 Å². The molecule has 1 aromatic carbocycles. The molecule has 1 aromatic heterocycles. The van der Waals surface area contributed by atoms with E-state index in [2.05, 4.69) is 10.1 Å². The van der Waals surface area contributed by atoms with Gasteiger partial charge in [-0.05, 0) is 44.0 Å². The largest absolute Gasteiger partial charge is 0.466 e. The summed E-state index contributed by atoms with van der Waals surface area (Å²) in [5.41, 5.74) is 0.289. The summed E-state index contributed by atoms with van der Waals surface area (Å²) in [5, 5.41) is 4.06. The summed E-state index contributed by atoms with van der Waals surface area (Å²) in [6, 6.07) is 8.25. The molecular weight excluding hydrogens is 385 g/mol. The first-order valence-electron chi connectivity index (χ1n) is 9.27. The molecule has 5 nitrogen and oxygen atoms in total. The fraction of sp³-hybridized carbons (Fsp3) is 0.381. The van der Waals surface area contributed by atoms with Crippen molar-refractivity contribution in [1.29, 1.82) is 0 Å². The van der Waals surface area contributed by atoms with E-state index >= 15 is 0 Å². The van der Waals surface area contributed by atoms with Crippen LogP contribution in [0.5, 0.6) is 0 Å². The second-order valence-corrected chi connectivity index (χ2v) is 6.39. The number of nitrogens with zero attached hydrogens (tertiary/aromatic N) is 2. The van der Waals surface area contributed by atoms with Crippen molar-refractivity contribution in [3.8, 4) is 0 Å². The summed E-state index contributed by atoms with van der Waals surface area (Å²) < 4.78 is 44.1. The van der Waals surface area contributed by atoms with Crippen LogP contribution in [0.15, 0.2) is 53.9 Å². The molecule has 1 heterocycles. The van der Waals surface area contributed by atoms with Crippen LogP contribution in [0.3, 0.4) is 0 Å². The Hall–Kier alpha value is -2.90. The van der Waals surface area contributed by atoms with Crippen LogP contribution in [0, 0.1) is 5.92 Å². The fourth-order valence-electron chi connectivity index (χ4n) is 2.58. The quantitative estimate of drug-likeness (QED) is 0.258. The van der Waals surface area contributed by atoms with E-state index in [0.29, 0.717) is 25.0 Å². The van der Waals surface area contributed by atoms with Crippen molar-refractivity contribution < 1.29 is 27.5 Å². The first kappa shape index (κ1) is 22.4. The molecular formula is C21H23F3N2O3. The van der Waals surface area contributed by atoms with Crippen LogP contribution >= 0.6 is 0 Å². The maximum absolute atomic E-state index is 13.1. The topological polar surface area (TPSA) is 60.8 Å². The Labute approximate surface area is 167 Å². The molecule has 0 fully saturated rings. The van der Waals surface area contributed by atoms with Gasteiger partial charge >= 0.3 is 12.1 Å². The summed E-state index contributed by atoms with van der Waals surface area (Å²) in [7, 11) is 0. The Morgan fingerprint density at radius 2 is 1.97 bits per heavy atom. The van der Waals surface area contributed by atoms with Gasteiger partial charge < -0.3 is 9.57 Å². The Kier molecular flexibility index (Phi) is 8.18. The molecule has 8 heteroatoms. The normalized spacial score (nSPS) is 13.1. The number of hydrogen-bond acceptors (Lipinski definition) is 5. The Bertz CT molecular complexity index is 823. The fourth-order valence-corrected chi connectivity index (χ4v) is 2.58. The van der Waals surface area contributed by atoms with Crippen LogP contribution in [0.4, 0.5) is 13.2 Å². The zero-order chi connectivity index (χ0) is 21.3. The third kappa shape index (κ3) is 6.89. The molecule has 0 spiro atoms. The zero-order valence-corrected chi connectivity index (χ0v) is 16.3. The van der Waals surface area contributed by atoms with Crippen LogP contribution in [0.1, 0.15) is 43.4 Å². The van der Waals surface area contributed by atoms with Crippen molar-refractivity contribution in [3.05, 3.63) is 65.5 Å². The number of rotatable bonds is 9. The first-order valence-corrected chi connectivity index (χ1v) is 9.27. The van der Waals surface area contributed by atoms with E-state index < -0.39 is 11.7 Å². The molecule has 0 saturated carbocycles. The summed E-state index contributed by atoms with van der Waals surface area (Å²) >= 11 is 0. The van der Waals surface area contributed by atoms with Gasteiger partial charge in [-0.2, -0.15) is 13.2 Å². The van der Waals surface area contributed by atoms with Gasteiger partial charge in [0.2, 0.25) is 0 Å². The van der Waals surface area contributed by atoms with Crippen molar-refractivity contribution in [2.24, 2.45) is 11.1 Å². The second kappa shape index (κ2) is 10.6. The van der Waals surface area contributed by atoms with E-state index in [-0.39, 0.29) is 29.8 Å². The van der Waals surface area contributed by atoms with Gasteiger partial charge in [0.15, 0.2) is 0 Å². The molecule has 0 bridgehead atoms. The van der Waals surface area contributed by atoms with Gasteiger partial charge in [-0.1, -0.05) is 24.2 Å². The average molecular weight is 408 g/mol. The van der Waals surface area contributed by atoms with Crippen LogP contribution in [0.2, 0.25) is 0 Å². The highest BCUT2D eigenvalue weighted by molar-refractivity contribution is 6.12. The maximum Gasteiger partial charge on any atom is 0.416 e. The SMILES string of the molecule is CCOC(=O)C(C)CCCON=C(c1cccnc1)c1cccc(C(F)(F)F)c1. The summed E-state index contributed by atoms with van der Waals surface area (Å²) in [6.07, 6.45) is -0.289. The molecule has 1 unspecified atom stereocenters. The average Bonchev–Trinajstić information content (AvgIpc) is 2.70. The summed E-state index contributed by atoms with van der Waals surface area (Å²) in [4.78, 5) is 21.0. The van der Waals surface area contributed by atoms with Crippen LogP contribution in [0.25, 0.3) is 0 Å². The smallest absolute Gasteiger partial charge is 0.416 e. The van der Waals surface area contributed by atoms with E-state index in [0.717, 1.165) is 12.1 Å². The molecule has 0 amide bonds. The number of oxime groups is 1. The predicted molar refractivity (Wildman–Crippen MR) is 102 cm³/mol. The lowest BCUT2D eigenvalue weighted by Crippen LogP contribution is -2.15. The number of aromatic nitrogens is 1. The molecule has 2 aromatic rings. The summed E-state index contributed by atoms with van der Waals surface area (Å²) in [5.74, 6) is -0.528. The van der Waals surface area contributed by atoms with Crippen molar-refractivity contribution in [2.75, 3.05) is 13.2 Å². The van der Waals surface area contributed by atoms with Gasteiger partial charge in [0, 0.05) is 23.5 Å². The van der Waals surface area contributed by atoms with Gasteiger partial charge in [-0.15, -0.1) is 0 Å². The van der Waals surface area contributed by atoms with Gasteiger partial charge in [-0.3, -0.25) is 9.78 Å². The Balaban J connectivity index is 2.11. The van der Waals surface area contributed by atoms with Crippen LogP contribution < -0.4 is 0 Å². The molecule has 0 saturated heterocycles. The third-order valence-electron chi connectivity index (χ3n) is 4.12. The molecule has 156 valence electrons. The van der Waals surface area contributed by atoms with Gasteiger partial charge in [0.05, 0.1) is 18.1 Å². The zero-order valence-electron chi connectivity index (χ0n) is 16.3. The van der Waals surface area contributed by atoms with Crippen molar-refractivity contribution >= 4 is 11.7 Å². The lowest BCUT2D eigenvalue weighted by Gasteiger charge is -2.12. The molecule has 29 heavy (non-hydrogen) atoms. The highest BCUT2D eigenvalue weighted by Gasteiger charge is 2.30. The minimum atomic E-state index is -4.46. The Morgan fingerprint density at radius 3 is 2.62 bits per heavy atom. The van der Waals surface area contributed by atoms with Crippen LogP contribution in [-0.2, 0) is 20.5 Å². The summed E-state index contributed by atoms with van der Waals surface area (Å²) in [6.45, 7) is 4.06. The van der Waals surface area contributed by atoms with Crippen molar-refractivity contribution in [1.82, 2.24) is 4.98 Å². The predicted octanol–water partition coefficient (Wildman–Crippen LogP) is 4.85. The monoisotopic (exact) mass is 408 g/mol. The highest BCUT2D eigenvalue weighted by Crippen LogP contribution is 2.30. The van der Waals surface area contributed by atoms with Crippen molar-refractivity contribution in [2.45, 2.75) is 32.9 Å². The lowest BCUT2D eigenvalue weighted by atomic mass is 10.0. The highest BCUT2D eigenvalue weighted by atomic mass is 19.4. The number of carbonyl (C=O) groups is 1. The van der Waals surface area contributed by atoms with Crippen LogP contribution in [-0.4, -0.2) is 29.9 Å². The number of esters is 1. The number of ether oxygens (including phenoxy) is 1. The molecule has 2 rings (SSSR count). The number of halogens is 3. The van der Waals surface area contributed by atoms with Gasteiger partial charge in [0.1, 0.15) is 12.3 Å². The first-order chi connectivity index (χ1) is 13.8. The van der Waals surface area contributed by atoms with Gasteiger partial charge in [0.25, 0.3) is 0 Å². The van der Waals surface area contributed by atoms with Gasteiger partial charge in [-0.25, -0.2) is 0 Å². The minimum Gasteiger partial charge on any atom is -0.466 e. The Morgan fingerprint density at radius 1 is 1.21 bits per heavy atom. The van der Waals surface area contributed by atoms with E-state index in [1.807, 2.05) is 0 Å². The molecule has 0 aliphatic rings. The molecule has 1 atom stereocenters. The van der Waals surface area contributed by atoms with E-state index in [1.165, 1.54) is 18.3 Å².